The molecule has 0 fully saturated rings. The molecule has 5 N–H and O–H groups in total. The van der Waals surface area contributed by atoms with E-state index in [1.807, 2.05) is 18.2 Å². The normalized spacial score (nSPS) is 13.2. The molecule has 0 spiro atoms. The predicted molar refractivity (Wildman–Crippen MR) is 171 cm³/mol. The van der Waals surface area contributed by atoms with Crippen molar-refractivity contribution in [2.45, 2.75) is 12.2 Å². The Morgan fingerprint density at radius 1 is 0.822 bits per heavy atom. The van der Waals surface area contributed by atoms with Crippen molar-refractivity contribution in [1.29, 1.82) is 0 Å². The molecule has 45 heavy (non-hydrogen) atoms. The summed E-state index contributed by atoms with van der Waals surface area (Å²) in [6, 6.07) is 31.2. The second-order valence-electron chi connectivity index (χ2n) is 10.1. The van der Waals surface area contributed by atoms with Crippen LogP contribution in [0.5, 0.6) is 23.0 Å². The smallest absolute Gasteiger partial charge is 0.412 e. The number of phenolic OH excluding ortho intramolecular Hbond substituents is 1. The highest BCUT2D eigenvalue weighted by molar-refractivity contribution is 6.01. The maximum atomic E-state index is 13.4. The molecule has 10 nitrogen and oxygen atoms in total. The molecule has 2 atom stereocenters. The minimum atomic E-state index is -1.09. The van der Waals surface area contributed by atoms with Crippen LogP contribution in [-0.4, -0.2) is 30.0 Å². The van der Waals surface area contributed by atoms with Gasteiger partial charge in [0.15, 0.2) is 23.7 Å². The van der Waals surface area contributed by atoms with E-state index in [0.29, 0.717) is 50.6 Å². The zero-order chi connectivity index (χ0) is 31.2. The highest BCUT2D eigenvalue weighted by Crippen LogP contribution is 2.37. The molecular weight excluding hydrogens is 574 g/mol. The largest absolute Gasteiger partial charge is 0.507 e. The molecule has 0 saturated heterocycles. The van der Waals surface area contributed by atoms with Gasteiger partial charge in [0.05, 0.1) is 11.4 Å². The summed E-state index contributed by atoms with van der Waals surface area (Å²) in [5.74, 6) is 1.14. The van der Waals surface area contributed by atoms with E-state index >= 15 is 0 Å². The van der Waals surface area contributed by atoms with E-state index in [1.54, 1.807) is 84.9 Å². The number of nitrogens with two attached hydrogens (primary N) is 1. The lowest BCUT2D eigenvalue weighted by molar-refractivity contribution is -0.112. The van der Waals surface area contributed by atoms with Crippen LogP contribution >= 0.6 is 0 Å². The molecule has 1 heterocycles. The van der Waals surface area contributed by atoms with Crippen LogP contribution in [0.2, 0.25) is 0 Å². The molecule has 0 radical (unpaired) electrons. The van der Waals surface area contributed by atoms with E-state index in [9.17, 15) is 14.7 Å². The van der Waals surface area contributed by atoms with Crippen molar-refractivity contribution >= 4 is 39.8 Å². The van der Waals surface area contributed by atoms with Gasteiger partial charge in [0.25, 0.3) is 0 Å². The zero-order valence-electron chi connectivity index (χ0n) is 23.9. The fourth-order valence-corrected chi connectivity index (χ4v) is 4.92. The number of phenols is 1. The fourth-order valence-electron chi connectivity index (χ4n) is 4.92. The molecule has 10 heteroatoms. The summed E-state index contributed by atoms with van der Waals surface area (Å²) in [6.45, 7) is 0.0918. The molecule has 0 unspecified atom stereocenters. The van der Waals surface area contributed by atoms with Gasteiger partial charge in [-0.25, -0.2) is 4.79 Å². The molecule has 0 bridgehead atoms. The molecule has 2 amide bonds. The molecule has 5 aromatic carbocycles. The molecule has 1 aliphatic rings. The number of hydrogen-bond acceptors (Lipinski definition) is 8. The van der Waals surface area contributed by atoms with Gasteiger partial charge in [-0.3, -0.25) is 10.1 Å². The molecular formula is C35H29N3O7. The number of anilines is 3. The number of aromatic hydroxyl groups is 1. The Morgan fingerprint density at radius 2 is 1.56 bits per heavy atom. The van der Waals surface area contributed by atoms with Crippen LogP contribution in [0.15, 0.2) is 121 Å². The third kappa shape index (κ3) is 6.75. The van der Waals surface area contributed by atoms with Crippen LogP contribution in [0.4, 0.5) is 21.9 Å². The number of carbonyl (C=O) groups excluding carboxylic acids is 2. The van der Waals surface area contributed by atoms with Crippen LogP contribution in [0.1, 0.15) is 11.7 Å². The van der Waals surface area contributed by atoms with Gasteiger partial charge < -0.3 is 35.1 Å². The molecule has 0 aliphatic carbocycles. The number of rotatable bonds is 9. The van der Waals surface area contributed by atoms with Crippen LogP contribution in [-0.2, 0) is 9.53 Å². The zero-order valence-corrected chi connectivity index (χ0v) is 23.9. The van der Waals surface area contributed by atoms with Gasteiger partial charge in [0.1, 0.15) is 11.5 Å². The Balaban J connectivity index is 1.36. The number of nitrogens with one attached hydrogen (secondary N) is 2. The summed E-state index contributed by atoms with van der Waals surface area (Å²) < 4.78 is 23.2. The number of fused-ring (bicyclic) bond motifs is 2. The Hall–Kier alpha value is -6.16. The molecule has 226 valence electrons. The first-order valence-corrected chi connectivity index (χ1v) is 14.1. The third-order valence-electron chi connectivity index (χ3n) is 7.06. The Morgan fingerprint density at radius 3 is 2.38 bits per heavy atom. The topological polar surface area (TPSA) is 141 Å². The molecule has 5 aromatic rings. The Kier molecular flexibility index (Phi) is 8.36. The summed E-state index contributed by atoms with van der Waals surface area (Å²) in [6.07, 6.45) is -0.0546. The van der Waals surface area contributed by atoms with E-state index in [0.717, 1.165) is 0 Å². The quantitative estimate of drug-likeness (QED) is 0.107. The summed E-state index contributed by atoms with van der Waals surface area (Å²) in [4.78, 5) is 26.5. The SMILES string of the molecule is Nc1ccccc1NC(=O)/C=C/[C@@H](Oc1ccccc1)[C@H](OC(=O)Nc1ccc2c(c1)OCO2)c1ccc(O)c2ccccc12. The van der Waals surface area contributed by atoms with Crippen molar-refractivity contribution in [3.05, 3.63) is 127 Å². The highest BCUT2D eigenvalue weighted by atomic mass is 16.7. The lowest BCUT2D eigenvalue weighted by Crippen LogP contribution is -2.30. The van der Waals surface area contributed by atoms with Gasteiger partial charge in [0.2, 0.25) is 12.7 Å². The van der Waals surface area contributed by atoms with Crippen molar-refractivity contribution in [3.63, 3.8) is 0 Å². The summed E-state index contributed by atoms with van der Waals surface area (Å²) >= 11 is 0. The van der Waals surface area contributed by atoms with Crippen molar-refractivity contribution in [2.75, 3.05) is 23.2 Å². The first kappa shape index (κ1) is 28.9. The standard InChI is InChI=1S/C35H29N3O7/c36-27-12-6-7-13-28(27)38-33(40)19-18-31(44-23-8-2-1-3-9-23)34(26-15-16-29(39)25-11-5-4-10-24(25)26)45-35(41)37-22-14-17-30-32(20-22)43-21-42-30/h1-20,31,34,39H,21,36H2,(H,37,41)(H,38,40)/b19-18+/t31-,34-/m1/s1. The van der Waals surface area contributed by atoms with Crippen molar-refractivity contribution in [2.24, 2.45) is 0 Å². The van der Waals surface area contributed by atoms with E-state index in [1.165, 1.54) is 18.2 Å². The fraction of sp³-hybridized carbons (Fsp3) is 0.0857. The highest BCUT2D eigenvalue weighted by Gasteiger charge is 2.30. The van der Waals surface area contributed by atoms with Gasteiger partial charge in [0, 0.05) is 28.8 Å². The molecule has 6 rings (SSSR count). The van der Waals surface area contributed by atoms with Crippen LogP contribution in [0.25, 0.3) is 10.8 Å². The molecule has 0 aromatic heterocycles. The summed E-state index contributed by atoms with van der Waals surface area (Å²) in [5, 5.41) is 17.3. The lowest BCUT2D eigenvalue weighted by Gasteiger charge is -2.27. The van der Waals surface area contributed by atoms with Gasteiger partial charge >= 0.3 is 6.09 Å². The second kappa shape index (κ2) is 13.0. The first-order valence-electron chi connectivity index (χ1n) is 14.1. The summed E-state index contributed by atoms with van der Waals surface area (Å²) in [7, 11) is 0. The average molecular weight is 604 g/mol. The number of ether oxygens (including phenoxy) is 4. The van der Waals surface area contributed by atoms with Gasteiger partial charge in [-0.05, 0) is 53.9 Å². The molecule has 1 aliphatic heterocycles. The van der Waals surface area contributed by atoms with Gasteiger partial charge in [-0.2, -0.15) is 0 Å². The van der Waals surface area contributed by atoms with Crippen LogP contribution in [0, 0.1) is 0 Å². The predicted octanol–water partition coefficient (Wildman–Crippen LogP) is 6.79. The first-order chi connectivity index (χ1) is 21.9. The lowest BCUT2D eigenvalue weighted by atomic mass is 9.96. The average Bonchev–Trinajstić information content (AvgIpc) is 3.52. The number of amides is 2. The maximum absolute atomic E-state index is 13.4. The van der Waals surface area contributed by atoms with E-state index in [-0.39, 0.29) is 12.5 Å². The number of para-hydroxylation sites is 3. The second-order valence-corrected chi connectivity index (χ2v) is 10.1. The Bertz CT molecular complexity index is 1880. The van der Waals surface area contributed by atoms with Crippen LogP contribution < -0.4 is 30.6 Å². The van der Waals surface area contributed by atoms with Crippen molar-refractivity contribution in [3.8, 4) is 23.0 Å². The minimum Gasteiger partial charge on any atom is -0.507 e. The maximum Gasteiger partial charge on any atom is 0.412 e. The molecule has 0 saturated carbocycles. The summed E-state index contributed by atoms with van der Waals surface area (Å²) in [5.41, 5.74) is 7.83. The Labute approximate surface area is 258 Å². The van der Waals surface area contributed by atoms with E-state index in [2.05, 4.69) is 10.6 Å². The number of hydrogen-bond donors (Lipinski definition) is 4. The minimum absolute atomic E-state index is 0.0637. The number of benzene rings is 5. The van der Waals surface area contributed by atoms with Crippen molar-refractivity contribution in [1.82, 2.24) is 0 Å². The van der Waals surface area contributed by atoms with Gasteiger partial charge in [-0.1, -0.05) is 60.7 Å². The van der Waals surface area contributed by atoms with Gasteiger partial charge in [-0.15, -0.1) is 0 Å². The van der Waals surface area contributed by atoms with Crippen molar-refractivity contribution < 1.29 is 33.6 Å². The monoisotopic (exact) mass is 603 g/mol. The van der Waals surface area contributed by atoms with E-state index < -0.39 is 24.2 Å². The third-order valence-corrected chi connectivity index (χ3v) is 7.06. The van der Waals surface area contributed by atoms with E-state index in [4.69, 9.17) is 24.7 Å². The number of carbonyl (C=O) groups is 2. The van der Waals surface area contributed by atoms with Crippen LogP contribution in [0.3, 0.4) is 0 Å². The number of nitrogen functional groups attached to an aromatic ring is 1.